The van der Waals surface area contributed by atoms with Crippen molar-refractivity contribution in [1.82, 2.24) is 0 Å². The lowest BCUT2D eigenvalue weighted by molar-refractivity contribution is 0.670. The standard InChI is InChI=1S/C38H24O/c1-3-12-25(13-4-1)28-20-11-21-33-34-24-27(22-23-35(34)39-38(28)33)37-31-18-9-7-16-29(31)36(26-14-5-2-6-15-26)30-17-8-10-19-32(30)37/h1-24H/i7D,9D,11D,16D,18D,20D,21D. The smallest absolute Gasteiger partial charge is 0.143 e. The van der Waals surface area contributed by atoms with Gasteiger partial charge in [0.1, 0.15) is 11.2 Å². The highest BCUT2D eigenvalue weighted by molar-refractivity contribution is 6.22. The van der Waals surface area contributed by atoms with Gasteiger partial charge >= 0.3 is 0 Å². The van der Waals surface area contributed by atoms with Crippen LogP contribution in [0.5, 0.6) is 0 Å². The average molecular weight is 504 g/mol. The number of hydrogen-bond acceptors (Lipinski definition) is 1. The Labute approximate surface area is 236 Å². The molecule has 182 valence electrons. The lowest BCUT2D eigenvalue weighted by Gasteiger charge is -2.17. The molecule has 39 heavy (non-hydrogen) atoms. The summed E-state index contributed by atoms with van der Waals surface area (Å²) in [6.07, 6.45) is 0. The first kappa shape index (κ1) is 16.0. The van der Waals surface area contributed by atoms with E-state index in [0.717, 1.165) is 27.5 Å². The summed E-state index contributed by atoms with van der Waals surface area (Å²) < 4.78 is 68.0. The summed E-state index contributed by atoms with van der Waals surface area (Å²) in [4.78, 5) is 0. The first-order valence-electron chi connectivity index (χ1n) is 16.3. The van der Waals surface area contributed by atoms with E-state index in [4.69, 9.17) is 14.0 Å². The predicted octanol–water partition coefficient (Wildman–Crippen LogP) is 10.9. The van der Waals surface area contributed by atoms with Crippen LogP contribution in [0.15, 0.2) is 150 Å². The molecule has 0 unspecified atom stereocenters. The van der Waals surface area contributed by atoms with Crippen molar-refractivity contribution in [2.75, 3.05) is 0 Å². The van der Waals surface area contributed by atoms with Crippen molar-refractivity contribution in [2.45, 2.75) is 0 Å². The van der Waals surface area contributed by atoms with Crippen molar-refractivity contribution >= 4 is 43.5 Å². The molecule has 0 aliphatic rings. The van der Waals surface area contributed by atoms with Gasteiger partial charge in [-0.3, -0.25) is 0 Å². The molecule has 0 spiro atoms. The van der Waals surface area contributed by atoms with Crippen LogP contribution in [0.4, 0.5) is 0 Å². The highest BCUT2D eigenvalue weighted by Crippen LogP contribution is 2.45. The van der Waals surface area contributed by atoms with E-state index in [1.165, 1.54) is 0 Å². The third kappa shape index (κ3) is 3.41. The molecule has 0 fully saturated rings. The van der Waals surface area contributed by atoms with Gasteiger partial charge in [0, 0.05) is 16.3 Å². The van der Waals surface area contributed by atoms with Crippen LogP contribution in [0.2, 0.25) is 0 Å². The Morgan fingerprint density at radius 1 is 0.436 bits per heavy atom. The minimum atomic E-state index is -0.314. The average Bonchev–Trinajstić information content (AvgIpc) is 3.47. The maximum atomic E-state index is 9.14. The van der Waals surface area contributed by atoms with Gasteiger partial charge in [-0.15, -0.1) is 0 Å². The predicted molar refractivity (Wildman–Crippen MR) is 165 cm³/mol. The molecule has 0 bridgehead atoms. The maximum absolute atomic E-state index is 9.14. The molecule has 1 heteroatoms. The van der Waals surface area contributed by atoms with Gasteiger partial charge in [0.15, 0.2) is 0 Å². The van der Waals surface area contributed by atoms with E-state index in [2.05, 4.69) is 0 Å². The van der Waals surface area contributed by atoms with E-state index in [1.807, 2.05) is 97.1 Å². The highest BCUT2D eigenvalue weighted by atomic mass is 16.3. The van der Waals surface area contributed by atoms with Crippen molar-refractivity contribution in [3.8, 4) is 33.4 Å². The lowest BCUT2D eigenvalue weighted by Crippen LogP contribution is -1.90. The molecule has 0 amide bonds. The van der Waals surface area contributed by atoms with Gasteiger partial charge in [-0.2, -0.15) is 0 Å². The zero-order valence-corrected chi connectivity index (χ0v) is 20.7. The molecule has 0 aliphatic carbocycles. The van der Waals surface area contributed by atoms with Gasteiger partial charge in [0.2, 0.25) is 0 Å². The number of para-hydroxylation sites is 1. The third-order valence-electron chi connectivity index (χ3n) is 7.36. The summed E-state index contributed by atoms with van der Waals surface area (Å²) in [6.45, 7) is 0. The van der Waals surface area contributed by atoms with Crippen LogP contribution in [0.1, 0.15) is 9.60 Å². The molecule has 0 saturated heterocycles. The Balaban J connectivity index is 1.54. The Bertz CT molecular complexity index is 2540. The van der Waals surface area contributed by atoms with E-state index >= 15 is 0 Å². The van der Waals surface area contributed by atoms with Crippen LogP contribution in [0.3, 0.4) is 0 Å². The van der Waals surface area contributed by atoms with Gasteiger partial charge < -0.3 is 4.42 Å². The van der Waals surface area contributed by atoms with Crippen LogP contribution in [0.25, 0.3) is 76.9 Å². The van der Waals surface area contributed by atoms with Gasteiger partial charge in [-0.05, 0) is 61.5 Å². The molecule has 1 nitrogen and oxygen atoms in total. The normalized spacial score (nSPS) is 14.1. The van der Waals surface area contributed by atoms with Crippen molar-refractivity contribution in [2.24, 2.45) is 0 Å². The van der Waals surface area contributed by atoms with Gasteiger partial charge in [0.25, 0.3) is 0 Å². The molecule has 0 radical (unpaired) electrons. The van der Waals surface area contributed by atoms with Crippen LogP contribution in [-0.4, -0.2) is 0 Å². The first-order chi connectivity index (χ1) is 22.3. The van der Waals surface area contributed by atoms with Crippen LogP contribution >= 0.6 is 0 Å². The van der Waals surface area contributed by atoms with Crippen molar-refractivity contribution in [1.29, 1.82) is 0 Å². The molecular formula is C38H24O. The molecule has 7 aromatic carbocycles. The SMILES string of the molecule is [2H]c1c([2H])c([2H])c2c(oc3ccc(-c4c5ccccc5c(-c5ccccc5)c5c([2H])c([2H])c([2H])c([2H])c45)cc32)c1-c1ccccc1. The number of hydrogen-bond donors (Lipinski definition) is 0. The number of fused-ring (bicyclic) bond motifs is 5. The van der Waals surface area contributed by atoms with E-state index in [1.54, 1.807) is 6.07 Å². The largest absolute Gasteiger partial charge is 0.455 e. The number of benzene rings is 7. The van der Waals surface area contributed by atoms with E-state index < -0.39 is 0 Å². The topological polar surface area (TPSA) is 13.1 Å². The molecule has 0 N–H and O–H groups in total. The van der Waals surface area contributed by atoms with E-state index in [9.17, 15) is 0 Å². The quantitative estimate of drug-likeness (QED) is 0.219. The molecule has 8 aromatic rings. The number of furan rings is 1. The molecule has 1 aromatic heterocycles. The minimum Gasteiger partial charge on any atom is -0.455 e. The van der Waals surface area contributed by atoms with Crippen molar-refractivity contribution in [3.63, 3.8) is 0 Å². The first-order valence-corrected chi connectivity index (χ1v) is 12.8. The van der Waals surface area contributed by atoms with E-state index in [0.29, 0.717) is 49.4 Å². The Morgan fingerprint density at radius 3 is 1.72 bits per heavy atom. The Hall–Kier alpha value is -5.14. The molecule has 0 atom stereocenters. The third-order valence-corrected chi connectivity index (χ3v) is 7.36. The van der Waals surface area contributed by atoms with Gasteiger partial charge in [-0.1, -0.05) is 133 Å². The zero-order valence-electron chi connectivity index (χ0n) is 27.7. The molecule has 0 aliphatic heterocycles. The van der Waals surface area contributed by atoms with Crippen molar-refractivity contribution in [3.05, 3.63) is 145 Å². The summed E-state index contributed by atoms with van der Waals surface area (Å²) in [5.74, 6) is 0. The fourth-order valence-electron chi connectivity index (χ4n) is 5.65. The van der Waals surface area contributed by atoms with Crippen LogP contribution in [-0.2, 0) is 0 Å². The van der Waals surface area contributed by atoms with Crippen LogP contribution < -0.4 is 0 Å². The summed E-state index contributed by atoms with van der Waals surface area (Å²) in [5.41, 5.74) is 4.93. The maximum Gasteiger partial charge on any atom is 0.143 e. The van der Waals surface area contributed by atoms with Gasteiger partial charge in [-0.25, -0.2) is 0 Å². The number of rotatable bonds is 3. The zero-order chi connectivity index (χ0) is 31.9. The molecular weight excluding hydrogens is 472 g/mol. The minimum absolute atomic E-state index is 0.0764. The Kier molecular flexibility index (Phi) is 3.57. The fourth-order valence-corrected chi connectivity index (χ4v) is 5.65. The fraction of sp³-hybridized carbons (Fsp3) is 0. The molecule has 8 rings (SSSR count). The van der Waals surface area contributed by atoms with Crippen LogP contribution in [0, 0.1) is 0 Å². The second-order valence-corrected chi connectivity index (χ2v) is 9.54. The van der Waals surface area contributed by atoms with E-state index in [-0.39, 0.29) is 42.3 Å². The summed E-state index contributed by atoms with van der Waals surface area (Å²) in [6, 6.07) is 31.0. The lowest BCUT2D eigenvalue weighted by atomic mass is 9.86. The summed E-state index contributed by atoms with van der Waals surface area (Å²) in [5, 5.41) is 3.51. The monoisotopic (exact) mass is 503 g/mol. The highest BCUT2D eigenvalue weighted by Gasteiger charge is 2.18. The van der Waals surface area contributed by atoms with Gasteiger partial charge in [0.05, 0.1) is 9.60 Å². The van der Waals surface area contributed by atoms with Crippen molar-refractivity contribution < 1.29 is 14.0 Å². The summed E-state index contributed by atoms with van der Waals surface area (Å²) in [7, 11) is 0. The second kappa shape index (κ2) is 8.72. The molecule has 0 saturated carbocycles. The molecule has 1 heterocycles. The summed E-state index contributed by atoms with van der Waals surface area (Å²) >= 11 is 0. The second-order valence-electron chi connectivity index (χ2n) is 9.54. The Morgan fingerprint density at radius 2 is 1.03 bits per heavy atom.